The van der Waals surface area contributed by atoms with Crippen LogP contribution >= 0.6 is 0 Å². The SMILES string of the molecule is COc1cc(C(=O)NO)cc(-n2ccc3c[c]ccc32)c1. The zero-order valence-corrected chi connectivity index (χ0v) is 11.3. The summed E-state index contributed by atoms with van der Waals surface area (Å²) in [6, 6.07) is 15.7. The summed E-state index contributed by atoms with van der Waals surface area (Å²) in [5.41, 5.74) is 3.72. The topological polar surface area (TPSA) is 63.5 Å². The lowest BCUT2D eigenvalue weighted by Crippen LogP contribution is -2.18. The lowest BCUT2D eigenvalue weighted by atomic mass is 10.1. The van der Waals surface area contributed by atoms with Crippen LogP contribution < -0.4 is 10.2 Å². The number of nitrogens with zero attached hydrogens (tertiary/aromatic N) is 1. The molecule has 5 nitrogen and oxygen atoms in total. The number of benzene rings is 2. The third kappa shape index (κ3) is 2.34. The summed E-state index contributed by atoms with van der Waals surface area (Å²) in [7, 11) is 1.53. The summed E-state index contributed by atoms with van der Waals surface area (Å²) in [4.78, 5) is 11.6. The lowest BCUT2D eigenvalue weighted by Gasteiger charge is -2.10. The van der Waals surface area contributed by atoms with Crippen LogP contribution in [0, 0.1) is 6.07 Å². The van der Waals surface area contributed by atoms with Crippen LogP contribution in [0.1, 0.15) is 10.4 Å². The monoisotopic (exact) mass is 281 g/mol. The minimum atomic E-state index is -0.583. The fraction of sp³-hybridized carbons (Fsp3) is 0.0625. The van der Waals surface area contributed by atoms with E-state index in [-0.39, 0.29) is 0 Å². The Balaban J connectivity index is 2.19. The highest BCUT2D eigenvalue weighted by Crippen LogP contribution is 2.24. The quantitative estimate of drug-likeness (QED) is 0.573. The Hall–Kier alpha value is -2.79. The molecule has 1 heterocycles. The number of fused-ring (bicyclic) bond motifs is 1. The van der Waals surface area contributed by atoms with Crippen LogP contribution in [-0.2, 0) is 0 Å². The molecule has 0 aliphatic rings. The maximum absolute atomic E-state index is 11.6. The van der Waals surface area contributed by atoms with Crippen molar-refractivity contribution in [3.8, 4) is 11.4 Å². The molecule has 0 spiro atoms. The summed E-state index contributed by atoms with van der Waals surface area (Å²) in [6.07, 6.45) is 1.91. The van der Waals surface area contributed by atoms with Gasteiger partial charge in [-0.3, -0.25) is 10.0 Å². The van der Waals surface area contributed by atoms with Gasteiger partial charge in [0.1, 0.15) is 5.75 Å². The molecular formula is C16H13N2O3. The Labute approximate surface area is 121 Å². The molecule has 1 radical (unpaired) electrons. The number of nitrogens with one attached hydrogen (secondary N) is 1. The molecule has 1 amide bonds. The molecule has 2 N–H and O–H groups in total. The average molecular weight is 281 g/mol. The summed E-state index contributed by atoms with van der Waals surface area (Å²) in [5.74, 6) is -0.0459. The van der Waals surface area contributed by atoms with Crippen molar-refractivity contribution in [1.82, 2.24) is 10.0 Å². The largest absolute Gasteiger partial charge is 0.497 e. The molecule has 0 aliphatic heterocycles. The van der Waals surface area contributed by atoms with Crippen LogP contribution in [0.4, 0.5) is 0 Å². The van der Waals surface area contributed by atoms with E-state index < -0.39 is 5.91 Å². The third-order valence-corrected chi connectivity index (χ3v) is 3.30. The van der Waals surface area contributed by atoms with Crippen molar-refractivity contribution in [2.75, 3.05) is 7.11 Å². The number of carbonyl (C=O) groups excluding carboxylic acids is 1. The van der Waals surface area contributed by atoms with Crippen LogP contribution in [0.3, 0.4) is 0 Å². The molecule has 2 aromatic carbocycles. The van der Waals surface area contributed by atoms with E-state index in [1.54, 1.807) is 17.6 Å². The van der Waals surface area contributed by atoms with E-state index in [4.69, 9.17) is 9.94 Å². The molecule has 0 saturated carbocycles. The first-order valence-electron chi connectivity index (χ1n) is 6.34. The van der Waals surface area contributed by atoms with Gasteiger partial charge < -0.3 is 9.30 Å². The first-order chi connectivity index (χ1) is 10.2. The molecule has 5 heteroatoms. The molecule has 105 valence electrons. The van der Waals surface area contributed by atoms with Gasteiger partial charge in [0.15, 0.2) is 0 Å². The molecule has 3 aromatic rings. The summed E-state index contributed by atoms with van der Waals surface area (Å²) in [6.45, 7) is 0. The van der Waals surface area contributed by atoms with Gasteiger partial charge in [-0.05, 0) is 36.4 Å². The first kappa shape index (κ1) is 13.2. The van der Waals surface area contributed by atoms with Crippen LogP contribution in [0.5, 0.6) is 5.75 Å². The number of hydrogen-bond donors (Lipinski definition) is 2. The van der Waals surface area contributed by atoms with E-state index in [1.807, 2.05) is 41.1 Å². The van der Waals surface area contributed by atoms with Crippen LogP contribution in [-0.4, -0.2) is 22.8 Å². The second-order valence-electron chi connectivity index (χ2n) is 4.53. The van der Waals surface area contributed by atoms with Crippen LogP contribution in [0.15, 0.2) is 48.7 Å². The van der Waals surface area contributed by atoms with Gasteiger partial charge in [0.25, 0.3) is 5.91 Å². The Bertz CT molecular complexity index is 808. The van der Waals surface area contributed by atoms with Crippen LogP contribution in [0.25, 0.3) is 16.6 Å². The highest BCUT2D eigenvalue weighted by molar-refractivity contribution is 5.94. The van der Waals surface area contributed by atoms with Crippen molar-refractivity contribution in [2.24, 2.45) is 0 Å². The molecule has 3 rings (SSSR count). The van der Waals surface area contributed by atoms with E-state index in [9.17, 15) is 4.79 Å². The fourth-order valence-electron chi connectivity index (χ4n) is 2.28. The Morgan fingerprint density at radius 2 is 2.19 bits per heavy atom. The Morgan fingerprint density at radius 1 is 1.33 bits per heavy atom. The van der Waals surface area contributed by atoms with Gasteiger partial charge >= 0.3 is 0 Å². The molecule has 0 aliphatic carbocycles. The predicted octanol–water partition coefficient (Wildman–Crippen LogP) is 2.56. The van der Waals surface area contributed by atoms with Crippen molar-refractivity contribution >= 4 is 16.8 Å². The van der Waals surface area contributed by atoms with Gasteiger partial charge in [-0.25, -0.2) is 5.48 Å². The molecule has 0 saturated heterocycles. The summed E-state index contributed by atoms with van der Waals surface area (Å²) in [5, 5.41) is 9.84. The molecule has 0 unspecified atom stereocenters. The van der Waals surface area contributed by atoms with E-state index in [0.717, 1.165) is 16.6 Å². The highest BCUT2D eigenvalue weighted by atomic mass is 16.5. The van der Waals surface area contributed by atoms with Gasteiger partial charge in [-0.1, -0.05) is 6.07 Å². The number of methoxy groups -OCH3 is 1. The van der Waals surface area contributed by atoms with E-state index in [2.05, 4.69) is 6.07 Å². The van der Waals surface area contributed by atoms with Gasteiger partial charge in [0.05, 0.1) is 18.3 Å². The number of ether oxygens (including phenoxy) is 1. The van der Waals surface area contributed by atoms with Crippen molar-refractivity contribution < 1.29 is 14.7 Å². The maximum Gasteiger partial charge on any atom is 0.274 e. The number of rotatable bonds is 3. The Kier molecular flexibility index (Phi) is 3.33. The first-order valence-corrected chi connectivity index (χ1v) is 6.34. The molecule has 0 fully saturated rings. The Morgan fingerprint density at radius 3 is 2.95 bits per heavy atom. The minimum Gasteiger partial charge on any atom is -0.497 e. The van der Waals surface area contributed by atoms with Gasteiger partial charge in [-0.15, -0.1) is 0 Å². The fourth-order valence-corrected chi connectivity index (χ4v) is 2.28. The number of amides is 1. The van der Waals surface area contributed by atoms with E-state index in [0.29, 0.717) is 11.3 Å². The maximum atomic E-state index is 11.6. The van der Waals surface area contributed by atoms with E-state index in [1.165, 1.54) is 7.11 Å². The number of carbonyl (C=O) groups is 1. The van der Waals surface area contributed by atoms with Crippen molar-refractivity contribution in [3.05, 3.63) is 60.3 Å². The smallest absolute Gasteiger partial charge is 0.274 e. The van der Waals surface area contributed by atoms with Gasteiger partial charge in [0, 0.05) is 23.2 Å². The number of aromatic nitrogens is 1. The number of hydrogen-bond acceptors (Lipinski definition) is 3. The summed E-state index contributed by atoms with van der Waals surface area (Å²) >= 11 is 0. The van der Waals surface area contributed by atoms with Gasteiger partial charge in [0.2, 0.25) is 0 Å². The molecule has 0 atom stereocenters. The van der Waals surface area contributed by atoms with Crippen LogP contribution in [0.2, 0.25) is 0 Å². The van der Waals surface area contributed by atoms with Crippen molar-refractivity contribution in [3.63, 3.8) is 0 Å². The van der Waals surface area contributed by atoms with Crippen molar-refractivity contribution in [2.45, 2.75) is 0 Å². The van der Waals surface area contributed by atoms with E-state index >= 15 is 0 Å². The van der Waals surface area contributed by atoms with Gasteiger partial charge in [-0.2, -0.15) is 0 Å². The molecule has 0 bridgehead atoms. The second kappa shape index (κ2) is 5.30. The summed E-state index contributed by atoms with van der Waals surface area (Å²) < 4.78 is 7.16. The molecule has 21 heavy (non-hydrogen) atoms. The predicted molar refractivity (Wildman–Crippen MR) is 77.9 cm³/mol. The average Bonchev–Trinajstić information content (AvgIpc) is 2.97. The molecule has 1 aromatic heterocycles. The number of hydroxylamine groups is 1. The zero-order valence-electron chi connectivity index (χ0n) is 11.3. The normalized spacial score (nSPS) is 10.6. The molecular weight excluding hydrogens is 268 g/mol. The highest BCUT2D eigenvalue weighted by Gasteiger charge is 2.10. The van der Waals surface area contributed by atoms with Crippen molar-refractivity contribution in [1.29, 1.82) is 0 Å². The third-order valence-electron chi connectivity index (χ3n) is 3.30. The zero-order chi connectivity index (χ0) is 14.8. The lowest BCUT2D eigenvalue weighted by molar-refractivity contribution is 0.0706. The standard InChI is InChI=1S/C16H13N2O3/c1-21-14-9-12(16(19)17-20)8-13(10-14)18-7-6-11-4-2-3-5-15(11)18/h3-10,20H,1H3,(H,17,19). The second-order valence-corrected chi connectivity index (χ2v) is 4.53. The minimum absolute atomic E-state index is 0.316.